The van der Waals surface area contributed by atoms with Crippen LogP contribution in [0.3, 0.4) is 0 Å². The summed E-state index contributed by atoms with van der Waals surface area (Å²) in [4.78, 5) is 25.1. The summed E-state index contributed by atoms with van der Waals surface area (Å²) in [5.74, 6) is -0.525. The zero-order valence-corrected chi connectivity index (χ0v) is 12.6. The van der Waals surface area contributed by atoms with E-state index in [-0.39, 0.29) is 5.91 Å². The Bertz CT molecular complexity index is 320. The van der Waals surface area contributed by atoms with Crippen LogP contribution in [0.4, 0.5) is 0 Å². The Morgan fingerprint density at radius 1 is 1.20 bits per heavy atom. The van der Waals surface area contributed by atoms with E-state index in [1.165, 1.54) is 25.7 Å². The van der Waals surface area contributed by atoms with Crippen molar-refractivity contribution in [3.05, 3.63) is 0 Å². The molecule has 0 aromatic carbocycles. The van der Waals surface area contributed by atoms with Crippen LogP contribution in [0, 0.1) is 0 Å². The zero-order valence-electron chi connectivity index (χ0n) is 12.6. The minimum atomic E-state index is -0.485. The van der Waals surface area contributed by atoms with Crippen LogP contribution in [-0.4, -0.2) is 35.3 Å². The van der Waals surface area contributed by atoms with Gasteiger partial charge < -0.3 is 16.4 Å². The summed E-state index contributed by atoms with van der Waals surface area (Å²) < 4.78 is 0. The van der Waals surface area contributed by atoms with Crippen LogP contribution >= 0.6 is 0 Å². The molecule has 1 rings (SSSR count). The number of hydrogen-bond donors (Lipinski definition) is 2. The van der Waals surface area contributed by atoms with Crippen molar-refractivity contribution < 1.29 is 9.59 Å². The smallest absolute Gasteiger partial charge is 0.240 e. The molecule has 0 radical (unpaired) electrons. The first kappa shape index (κ1) is 17.0. The van der Waals surface area contributed by atoms with Crippen LogP contribution in [-0.2, 0) is 9.59 Å². The fourth-order valence-corrected chi connectivity index (χ4v) is 2.81. The highest BCUT2D eigenvalue weighted by Crippen LogP contribution is 2.19. The third-order valence-corrected chi connectivity index (χ3v) is 4.05. The van der Waals surface area contributed by atoms with Gasteiger partial charge in [-0.15, -0.1) is 0 Å². The summed E-state index contributed by atoms with van der Waals surface area (Å²) in [5.41, 5.74) is 11.3. The van der Waals surface area contributed by atoms with Crippen LogP contribution in [0.2, 0.25) is 0 Å². The van der Waals surface area contributed by atoms with Crippen molar-refractivity contribution in [2.45, 2.75) is 76.8 Å². The van der Waals surface area contributed by atoms with Gasteiger partial charge in [-0.25, -0.2) is 0 Å². The average molecular weight is 283 g/mol. The van der Waals surface area contributed by atoms with Crippen molar-refractivity contribution in [3.8, 4) is 0 Å². The molecule has 1 unspecified atom stereocenters. The number of nitrogens with zero attached hydrogens (tertiary/aromatic N) is 1. The quantitative estimate of drug-likeness (QED) is 0.629. The van der Waals surface area contributed by atoms with Gasteiger partial charge in [-0.2, -0.15) is 0 Å². The predicted molar refractivity (Wildman–Crippen MR) is 79.9 cm³/mol. The van der Waals surface area contributed by atoms with E-state index in [2.05, 4.69) is 6.92 Å². The third-order valence-electron chi connectivity index (χ3n) is 4.05. The van der Waals surface area contributed by atoms with Gasteiger partial charge in [-0.05, 0) is 19.3 Å². The largest absolute Gasteiger partial charge is 0.368 e. The van der Waals surface area contributed by atoms with Gasteiger partial charge >= 0.3 is 0 Å². The van der Waals surface area contributed by atoms with E-state index < -0.39 is 18.0 Å². The Balaban J connectivity index is 2.26. The lowest BCUT2D eigenvalue weighted by atomic mass is 10.0. The van der Waals surface area contributed by atoms with Gasteiger partial charge in [0.2, 0.25) is 11.8 Å². The molecule has 1 fully saturated rings. The third kappa shape index (κ3) is 5.12. The molecule has 0 aromatic rings. The standard InChI is InChI=1S/C15H29N3O2/c1-2-3-4-5-6-7-9-12(16)15(20)18-11-8-10-13(18)14(17)19/h12-13H,2-11,16H2,1H3,(H2,17,19)/t12?,13-/m0/s1. The fourth-order valence-electron chi connectivity index (χ4n) is 2.81. The average Bonchev–Trinajstić information content (AvgIpc) is 2.91. The lowest BCUT2D eigenvalue weighted by Crippen LogP contribution is -2.50. The van der Waals surface area contributed by atoms with Crippen LogP contribution in [0.1, 0.15) is 64.7 Å². The molecule has 5 nitrogen and oxygen atoms in total. The first-order chi connectivity index (χ1) is 9.57. The summed E-state index contributed by atoms with van der Waals surface area (Å²) in [6, 6.07) is -0.931. The van der Waals surface area contributed by atoms with E-state index in [4.69, 9.17) is 11.5 Å². The molecule has 2 atom stereocenters. The SMILES string of the molecule is CCCCCCCCC(N)C(=O)N1CCC[C@H]1C(N)=O. The van der Waals surface area contributed by atoms with Crippen molar-refractivity contribution in [3.63, 3.8) is 0 Å². The summed E-state index contributed by atoms with van der Waals surface area (Å²) in [6.07, 6.45) is 9.30. The highest BCUT2D eigenvalue weighted by molar-refractivity contribution is 5.89. The fraction of sp³-hybridized carbons (Fsp3) is 0.867. The van der Waals surface area contributed by atoms with Gasteiger partial charge in [0.25, 0.3) is 0 Å². The predicted octanol–water partition coefficient (Wildman–Crippen LogP) is 1.54. The van der Waals surface area contributed by atoms with Crippen LogP contribution < -0.4 is 11.5 Å². The van der Waals surface area contributed by atoms with E-state index in [0.29, 0.717) is 19.4 Å². The number of amides is 2. The Labute approximate surface area is 122 Å². The molecule has 0 aliphatic carbocycles. The minimum Gasteiger partial charge on any atom is -0.368 e. The molecule has 0 saturated carbocycles. The molecular formula is C15H29N3O2. The van der Waals surface area contributed by atoms with Crippen molar-refractivity contribution in [1.82, 2.24) is 4.90 Å². The second-order valence-electron chi connectivity index (χ2n) is 5.75. The van der Waals surface area contributed by atoms with Crippen LogP contribution in [0.25, 0.3) is 0 Å². The number of nitrogens with two attached hydrogens (primary N) is 2. The second-order valence-corrected chi connectivity index (χ2v) is 5.75. The molecule has 4 N–H and O–H groups in total. The molecule has 1 heterocycles. The van der Waals surface area contributed by atoms with Crippen molar-refractivity contribution in [2.75, 3.05) is 6.54 Å². The summed E-state index contributed by atoms with van der Waals surface area (Å²) in [7, 11) is 0. The van der Waals surface area contributed by atoms with Crippen molar-refractivity contribution in [2.24, 2.45) is 11.5 Å². The maximum atomic E-state index is 12.2. The van der Waals surface area contributed by atoms with Gasteiger partial charge in [0.1, 0.15) is 6.04 Å². The molecule has 0 bridgehead atoms. The Kier molecular flexibility index (Phi) is 7.59. The molecule has 0 spiro atoms. The van der Waals surface area contributed by atoms with Crippen LogP contribution in [0.5, 0.6) is 0 Å². The number of primary amides is 1. The number of rotatable bonds is 9. The Hall–Kier alpha value is -1.10. The normalized spacial score (nSPS) is 20.1. The Morgan fingerprint density at radius 2 is 1.85 bits per heavy atom. The first-order valence-electron chi connectivity index (χ1n) is 7.93. The maximum Gasteiger partial charge on any atom is 0.240 e. The number of hydrogen-bond acceptors (Lipinski definition) is 3. The van der Waals surface area contributed by atoms with E-state index in [9.17, 15) is 9.59 Å². The Morgan fingerprint density at radius 3 is 2.50 bits per heavy atom. The van der Waals surface area contributed by atoms with Crippen LogP contribution in [0.15, 0.2) is 0 Å². The van der Waals surface area contributed by atoms with Gasteiger partial charge in [0.15, 0.2) is 0 Å². The van der Waals surface area contributed by atoms with E-state index in [1.54, 1.807) is 4.90 Å². The van der Waals surface area contributed by atoms with Gasteiger partial charge in [0, 0.05) is 6.54 Å². The van der Waals surface area contributed by atoms with E-state index in [0.717, 1.165) is 19.3 Å². The topological polar surface area (TPSA) is 89.4 Å². The maximum absolute atomic E-state index is 12.2. The summed E-state index contributed by atoms with van der Waals surface area (Å²) in [6.45, 7) is 2.80. The summed E-state index contributed by atoms with van der Waals surface area (Å²) >= 11 is 0. The summed E-state index contributed by atoms with van der Waals surface area (Å²) in [5, 5.41) is 0. The van der Waals surface area contributed by atoms with Gasteiger partial charge in [0.05, 0.1) is 6.04 Å². The molecule has 1 aliphatic rings. The molecule has 20 heavy (non-hydrogen) atoms. The van der Waals surface area contributed by atoms with E-state index >= 15 is 0 Å². The number of carbonyl (C=O) groups excluding carboxylic acids is 2. The molecule has 5 heteroatoms. The molecule has 1 aliphatic heterocycles. The molecule has 116 valence electrons. The monoisotopic (exact) mass is 283 g/mol. The first-order valence-corrected chi connectivity index (χ1v) is 7.93. The van der Waals surface area contributed by atoms with Crippen molar-refractivity contribution in [1.29, 1.82) is 0 Å². The molecule has 1 saturated heterocycles. The zero-order chi connectivity index (χ0) is 15.0. The highest BCUT2D eigenvalue weighted by Gasteiger charge is 2.34. The highest BCUT2D eigenvalue weighted by atomic mass is 16.2. The van der Waals surface area contributed by atoms with Gasteiger partial charge in [-0.1, -0.05) is 45.4 Å². The number of carbonyl (C=O) groups is 2. The van der Waals surface area contributed by atoms with E-state index in [1.807, 2.05) is 0 Å². The lowest BCUT2D eigenvalue weighted by molar-refractivity contribution is -0.138. The minimum absolute atomic E-state index is 0.111. The number of unbranched alkanes of at least 4 members (excludes halogenated alkanes) is 5. The molecule has 0 aromatic heterocycles. The number of likely N-dealkylation sites (tertiary alicyclic amines) is 1. The van der Waals surface area contributed by atoms with Crippen molar-refractivity contribution >= 4 is 11.8 Å². The van der Waals surface area contributed by atoms with Gasteiger partial charge in [-0.3, -0.25) is 9.59 Å². The lowest BCUT2D eigenvalue weighted by Gasteiger charge is -2.25. The molecular weight excluding hydrogens is 254 g/mol. The molecule has 2 amide bonds. The second kappa shape index (κ2) is 8.95.